The molecule has 1 atom stereocenters. The van der Waals surface area contributed by atoms with Gasteiger partial charge in [-0.15, -0.1) is 0 Å². The lowest BCUT2D eigenvalue weighted by Gasteiger charge is -2.21. The SMILES string of the molecule is CC(C)NCCCN1CCC(C)(C(N)=O)C1. The van der Waals surface area contributed by atoms with E-state index in [0.717, 1.165) is 39.0 Å². The van der Waals surface area contributed by atoms with Crippen molar-refractivity contribution in [1.82, 2.24) is 10.2 Å². The van der Waals surface area contributed by atoms with E-state index in [1.165, 1.54) is 0 Å². The Morgan fingerprint density at radius 1 is 1.56 bits per heavy atom. The van der Waals surface area contributed by atoms with Crippen molar-refractivity contribution in [1.29, 1.82) is 0 Å². The Kier molecular flexibility index (Phi) is 4.74. The van der Waals surface area contributed by atoms with Gasteiger partial charge in [0, 0.05) is 12.6 Å². The maximum absolute atomic E-state index is 11.3. The van der Waals surface area contributed by atoms with Gasteiger partial charge in [-0.1, -0.05) is 13.8 Å². The van der Waals surface area contributed by atoms with Gasteiger partial charge in [0.1, 0.15) is 0 Å². The predicted molar refractivity (Wildman–Crippen MR) is 66.1 cm³/mol. The summed E-state index contributed by atoms with van der Waals surface area (Å²) >= 11 is 0. The van der Waals surface area contributed by atoms with Crippen LogP contribution < -0.4 is 11.1 Å². The first-order chi connectivity index (χ1) is 7.44. The first-order valence-corrected chi connectivity index (χ1v) is 6.20. The first kappa shape index (κ1) is 13.5. The van der Waals surface area contributed by atoms with Gasteiger partial charge in [-0.2, -0.15) is 0 Å². The molecule has 1 rings (SSSR count). The van der Waals surface area contributed by atoms with Crippen LogP contribution >= 0.6 is 0 Å². The molecule has 0 spiro atoms. The summed E-state index contributed by atoms with van der Waals surface area (Å²) in [6.07, 6.45) is 2.03. The van der Waals surface area contributed by atoms with Crippen molar-refractivity contribution in [2.45, 2.75) is 39.7 Å². The third-order valence-corrected chi connectivity index (χ3v) is 3.35. The Labute approximate surface area is 98.6 Å². The van der Waals surface area contributed by atoms with Crippen LogP contribution in [0.1, 0.15) is 33.6 Å². The molecule has 0 saturated carbocycles. The summed E-state index contributed by atoms with van der Waals surface area (Å²) in [5.41, 5.74) is 5.11. The van der Waals surface area contributed by atoms with Gasteiger partial charge >= 0.3 is 0 Å². The lowest BCUT2D eigenvalue weighted by atomic mass is 9.89. The Morgan fingerprint density at radius 3 is 2.75 bits per heavy atom. The highest BCUT2D eigenvalue weighted by Gasteiger charge is 2.38. The third-order valence-electron chi connectivity index (χ3n) is 3.35. The Balaban J connectivity index is 2.19. The van der Waals surface area contributed by atoms with E-state index in [4.69, 9.17) is 5.73 Å². The van der Waals surface area contributed by atoms with Gasteiger partial charge in [0.15, 0.2) is 0 Å². The molecule has 0 bridgehead atoms. The summed E-state index contributed by atoms with van der Waals surface area (Å²) in [4.78, 5) is 13.6. The van der Waals surface area contributed by atoms with Crippen molar-refractivity contribution < 1.29 is 4.79 Å². The third kappa shape index (κ3) is 3.76. The van der Waals surface area contributed by atoms with E-state index >= 15 is 0 Å². The molecule has 1 unspecified atom stereocenters. The molecule has 94 valence electrons. The Bertz CT molecular complexity index is 242. The monoisotopic (exact) mass is 227 g/mol. The number of nitrogens with zero attached hydrogens (tertiary/aromatic N) is 1. The molecular formula is C12H25N3O. The molecule has 0 aromatic heterocycles. The minimum Gasteiger partial charge on any atom is -0.369 e. The van der Waals surface area contributed by atoms with Gasteiger partial charge in [0.2, 0.25) is 5.91 Å². The van der Waals surface area contributed by atoms with Gasteiger partial charge in [0.25, 0.3) is 0 Å². The van der Waals surface area contributed by atoms with E-state index in [2.05, 4.69) is 24.1 Å². The molecule has 1 amide bonds. The lowest BCUT2D eigenvalue weighted by Crippen LogP contribution is -2.37. The summed E-state index contributed by atoms with van der Waals surface area (Å²) in [5.74, 6) is -0.157. The smallest absolute Gasteiger partial charge is 0.224 e. The number of hydrogen-bond donors (Lipinski definition) is 2. The molecule has 0 aliphatic carbocycles. The van der Waals surface area contributed by atoms with Crippen LogP contribution in [0.25, 0.3) is 0 Å². The number of carbonyl (C=O) groups excluding carboxylic acids is 1. The number of amides is 1. The normalized spacial score (nSPS) is 26.5. The topological polar surface area (TPSA) is 58.4 Å². The van der Waals surface area contributed by atoms with Crippen LogP contribution in [-0.2, 0) is 4.79 Å². The molecule has 1 fully saturated rings. The van der Waals surface area contributed by atoms with Crippen LogP contribution in [0.15, 0.2) is 0 Å². The van der Waals surface area contributed by atoms with Crippen LogP contribution in [0.3, 0.4) is 0 Å². The Hall–Kier alpha value is -0.610. The number of carbonyl (C=O) groups is 1. The van der Waals surface area contributed by atoms with Crippen molar-refractivity contribution in [2.75, 3.05) is 26.2 Å². The molecule has 0 aromatic carbocycles. The summed E-state index contributed by atoms with van der Waals surface area (Å²) in [6.45, 7) is 10.2. The van der Waals surface area contributed by atoms with Gasteiger partial charge in [-0.3, -0.25) is 4.79 Å². The first-order valence-electron chi connectivity index (χ1n) is 6.20. The molecule has 1 saturated heterocycles. The number of rotatable bonds is 6. The van der Waals surface area contributed by atoms with E-state index in [9.17, 15) is 4.79 Å². The molecule has 16 heavy (non-hydrogen) atoms. The summed E-state index contributed by atoms with van der Waals surface area (Å²) < 4.78 is 0. The zero-order chi connectivity index (χ0) is 12.2. The second-order valence-electron chi connectivity index (χ2n) is 5.41. The van der Waals surface area contributed by atoms with Gasteiger partial charge in [0.05, 0.1) is 5.41 Å². The molecule has 0 radical (unpaired) electrons. The Morgan fingerprint density at radius 2 is 2.25 bits per heavy atom. The average molecular weight is 227 g/mol. The van der Waals surface area contributed by atoms with Crippen molar-refractivity contribution in [2.24, 2.45) is 11.1 Å². The molecule has 1 aliphatic rings. The van der Waals surface area contributed by atoms with Crippen molar-refractivity contribution in [3.63, 3.8) is 0 Å². The minimum atomic E-state index is -0.300. The largest absolute Gasteiger partial charge is 0.369 e. The van der Waals surface area contributed by atoms with E-state index in [1.807, 2.05) is 6.92 Å². The maximum atomic E-state index is 11.3. The number of nitrogens with one attached hydrogen (secondary N) is 1. The van der Waals surface area contributed by atoms with Gasteiger partial charge in [-0.25, -0.2) is 0 Å². The van der Waals surface area contributed by atoms with Crippen LogP contribution in [0.4, 0.5) is 0 Å². The molecule has 4 heteroatoms. The average Bonchev–Trinajstić information content (AvgIpc) is 2.56. The molecule has 1 aliphatic heterocycles. The zero-order valence-electron chi connectivity index (χ0n) is 10.8. The van der Waals surface area contributed by atoms with Crippen LogP contribution in [0.2, 0.25) is 0 Å². The highest BCUT2D eigenvalue weighted by molar-refractivity contribution is 5.81. The standard InChI is InChI=1S/C12H25N3O/c1-10(2)14-6-4-7-15-8-5-12(3,9-15)11(13)16/h10,14H,4-9H2,1-3H3,(H2,13,16). The predicted octanol–water partition coefficient (Wildman–Crippen LogP) is 0.572. The number of likely N-dealkylation sites (tertiary alicyclic amines) is 1. The highest BCUT2D eigenvalue weighted by atomic mass is 16.1. The second-order valence-corrected chi connectivity index (χ2v) is 5.41. The van der Waals surface area contributed by atoms with Crippen molar-refractivity contribution >= 4 is 5.91 Å². The quantitative estimate of drug-likeness (QED) is 0.652. The van der Waals surface area contributed by atoms with E-state index in [1.54, 1.807) is 0 Å². The number of hydrogen-bond acceptors (Lipinski definition) is 3. The van der Waals surface area contributed by atoms with Crippen molar-refractivity contribution in [3.8, 4) is 0 Å². The second kappa shape index (κ2) is 5.64. The van der Waals surface area contributed by atoms with Crippen molar-refractivity contribution in [3.05, 3.63) is 0 Å². The number of nitrogens with two attached hydrogens (primary N) is 1. The summed E-state index contributed by atoms with van der Waals surface area (Å²) in [6, 6.07) is 0.550. The minimum absolute atomic E-state index is 0.157. The number of primary amides is 1. The summed E-state index contributed by atoms with van der Waals surface area (Å²) in [5, 5.41) is 3.39. The fourth-order valence-electron chi connectivity index (χ4n) is 2.14. The maximum Gasteiger partial charge on any atom is 0.224 e. The molecule has 4 nitrogen and oxygen atoms in total. The van der Waals surface area contributed by atoms with Gasteiger partial charge < -0.3 is 16.0 Å². The molecule has 3 N–H and O–H groups in total. The van der Waals surface area contributed by atoms with Crippen LogP contribution in [-0.4, -0.2) is 43.0 Å². The molecular weight excluding hydrogens is 202 g/mol. The fraction of sp³-hybridized carbons (Fsp3) is 0.917. The zero-order valence-corrected chi connectivity index (χ0v) is 10.8. The highest BCUT2D eigenvalue weighted by Crippen LogP contribution is 2.29. The van der Waals surface area contributed by atoms with Crippen LogP contribution in [0, 0.1) is 5.41 Å². The van der Waals surface area contributed by atoms with Gasteiger partial charge in [-0.05, 0) is 39.4 Å². The van der Waals surface area contributed by atoms with E-state index in [0.29, 0.717) is 6.04 Å². The van der Waals surface area contributed by atoms with E-state index < -0.39 is 0 Å². The van der Waals surface area contributed by atoms with Crippen LogP contribution in [0.5, 0.6) is 0 Å². The molecule has 0 aromatic rings. The fourth-order valence-corrected chi connectivity index (χ4v) is 2.14. The summed E-state index contributed by atoms with van der Waals surface area (Å²) in [7, 11) is 0. The van der Waals surface area contributed by atoms with E-state index in [-0.39, 0.29) is 11.3 Å². The lowest BCUT2D eigenvalue weighted by molar-refractivity contribution is -0.126. The molecule has 1 heterocycles.